The van der Waals surface area contributed by atoms with Crippen LogP contribution in [0.15, 0.2) is 120 Å². The Morgan fingerprint density at radius 3 is 1.24 bits per heavy atom. The maximum atomic E-state index is 7.58. The summed E-state index contributed by atoms with van der Waals surface area (Å²) >= 11 is 15.2. The predicted molar refractivity (Wildman–Crippen MR) is 140 cm³/mol. The third kappa shape index (κ3) is 3.05. The zero-order valence-corrected chi connectivity index (χ0v) is 19.5. The lowest BCUT2D eigenvalue weighted by molar-refractivity contribution is 0.781. The van der Waals surface area contributed by atoms with Crippen LogP contribution in [0.5, 0.6) is 0 Å². The number of alkyl halides is 2. The Kier molecular flexibility index (Phi) is 4.83. The van der Waals surface area contributed by atoms with Crippen molar-refractivity contribution in [2.24, 2.45) is 0 Å². The van der Waals surface area contributed by atoms with Gasteiger partial charge in [0.05, 0.1) is 0 Å². The molecule has 33 heavy (non-hydrogen) atoms. The van der Waals surface area contributed by atoms with Crippen molar-refractivity contribution in [3.63, 3.8) is 0 Å². The third-order valence-corrected chi connectivity index (χ3v) is 8.26. The van der Waals surface area contributed by atoms with Gasteiger partial charge in [-0.15, -0.1) is 23.2 Å². The monoisotopic (exact) mass is 464 g/mol. The van der Waals surface area contributed by atoms with Crippen LogP contribution in [0.1, 0.15) is 39.8 Å². The molecule has 2 unspecified atom stereocenters. The van der Waals surface area contributed by atoms with Crippen LogP contribution >= 0.6 is 23.2 Å². The van der Waals surface area contributed by atoms with E-state index < -0.39 is 9.75 Å². The zero-order valence-electron chi connectivity index (χ0n) is 18.0. The van der Waals surface area contributed by atoms with E-state index in [-0.39, 0.29) is 0 Å². The molecule has 2 aliphatic carbocycles. The largest absolute Gasteiger partial charge is 0.117 e. The van der Waals surface area contributed by atoms with E-state index in [1.54, 1.807) is 0 Å². The number of fused-ring (bicyclic) bond motifs is 2. The first-order valence-electron chi connectivity index (χ1n) is 11.2. The Balaban J connectivity index is 1.50. The highest BCUT2D eigenvalue weighted by Crippen LogP contribution is 2.57. The van der Waals surface area contributed by atoms with Gasteiger partial charge in [0.2, 0.25) is 0 Å². The van der Waals surface area contributed by atoms with Gasteiger partial charge in [0.15, 0.2) is 0 Å². The molecule has 2 heteroatoms. The van der Waals surface area contributed by atoms with Crippen molar-refractivity contribution < 1.29 is 0 Å². The Hall–Kier alpha value is -3.06. The zero-order chi connectivity index (χ0) is 22.5. The second-order valence-electron chi connectivity index (χ2n) is 8.74. The Bertz CT molecular complexity index is 1290. The first-order chi connectivity index (χ1) is 16.1. The molecule has 4 aromatic rings. The summed E-state index contributed by atoms with van der Waals surface area (Å²) in [5.41, 5.74) is 9.06. The summed E-state index contributed by atoms with van der Waals surface area (Å²) in [4.78, 5) is -1.44. The quantitative estimate of drug-likeness (QED) is 0.265. The van der Waals surface area contributed by atoms with Crippen LogP contribution in [0.2, 0.25) is 0 Å². The third-order valence-electron chi connectivity index (χ3n) is 6.93. The molecule has 0 nitrogen and oxygen atoms in total. The minimum absolute atomic E-state index is 0.681. The fourth-order valence-corrected chi connectivity index (χ4v) is 6.20. The number of rotatable bonds is 4. The number of benzene rings is 4. The number of hydrogen-bond acceptors (Lipinski definition) is 0. The Morgan fingerprint density at radius 1 is 0.455 bits per heavy atom. The Morgan fingerprint density at radius 2 is 0.818 bits per heavy atom. The highest BCUT2D eigenvalue weighted by molar-refractivity contribution is 6.31. The summed E-state index contributed by atoms with van der Waals surface area (Å²) in [7, 11) is 0. The summed E-state index contributed by atoms with van der Waals surface area (Å²) in [5.74, 6) is 0. The molecular formula is C31H22Cl2. The van der Waals surface area contributed by atoms with E-state index in [1.165, 1.54) is 11.1 Å². The molecule has 2 aliphatic rings. The number of hydrogen-bond donors (Lipinski definition) is 0. The average Bonchev–Trinajstić information content (AvgIpc) is 3.33. The molecule has 0 aliphatic heterocycles. The van der Waals surface area contributed by atoms with Gasteiger partial charge in [0.1, 0.15) is 9.75 Å². The topological polar surface area (TPSA) is 0 Å². The molecular weight excluding hydrogens is 443 g/mol. The van der Waals surface area contributed by atoms with Crippen molar-refractivity contribution in [1.82, 2.24) is 0 Å². The van der Waals surface area contributed by atoms with Crippen LogP contribution in [-0.2, 0) is 9.75 Å². The molecule has 0 amide bonds. The van der Waals surface area contributed by atoms with Gasteiger partial charge in [-0.1, -0.05) is 121 Å². The summed E-state index contributed by atoms with van der Waals surface area (Å²) in [5, 5.41) is 0. The lowest BCUT2D eigenvalue weighted by Crippen LogP contribution is -2.25. The van der Waals surface area contributed by atoms with Crippen molar-refractivity contribution in [3.05, 3.63) is 154 Å². The second-order valence-corrected chi connectivity index (χ2v) is 9.87. The van der Waals surface area contributed by atoms with Crippen LogP contribution in [-0.4, -0.2) is 0 Å². The molecule has 0 saturated carbocycles. The second kappa shape index (κ2) is 7.76. The highest BCUT2D eigenvalue weighted by Gasteiger charge is 2.46. The van der Waals surface area contributed by atoms with Crippen LogP contribution in [0.25, 0.3) is 12.2 Å². The molecule has 0 aromatic heterocycles. The van der Waals surface area contributed by atoms with Crippen LogP contribution in [0.3, 0.4) is 0 Å². The number of allylic oxidation sites excluding steroid dienone is 2. The van der Waals surface area contributed by atoms with E-state index in [0.717, 1.165) is 33.4 Å². The van der Waals surface area contributed by atoms with Gasteiger partial charge >= 0.3 is 0 Å². The minimum atomic E-state index is -0.720. The number of halogens is 2. The highest BCUT2D eigenvalue weighted by atomic mass is 35.5. The van der Waals surface area contributed by atoms with E-state index in [9.17, 15) is 0 Å². The molecule has 2 atom stereocenters. The molecule has 0 bridgehead atoms. The first kappa shape index (κ1) is 20.5. The SMILES string of the molecule is ClC1(c2ccccc2)C(CC2=Cc3ccccc3C2(Cl)c2ccccc2)=Cc2ccccc21. The van der Waals surface area contributed by atoms with E-state index >= 15 is 0 Å². The molecule has 0 heterocycles. The van der Waals surface area contributed by atoms with Gasteiger partial charge in [0, 0.05) is 0 Å². The van der Waals surface area contributed by atoms with Crippen LogP contribution < -0.4 is 0 Å². The van der Waals surface area contributed by atoms with Gasteiger partial charge < -0.3 is 0 Å². The van der Waals surface area contributed by atoms with Gasteiger partial charge in [-0.25, -0.2) is 0 Å². The van der Waals surface area contributed by atoms with Crippen LogP contribution in [0.4, 0.5) is 0 Å². The lowest BCUT2D eigenvalue weighted by Gasteiger charge is -2.32. The molecule has 0 radical (unpaired) electrons. The average molecular weight is 465 g/mol. The fraction of sp³-hybridized carbons (Fsp3) is 0.0968. The lowest BCUT2D eigenvalue weighted by atomic mass is 9.80. The molecule has 0 spiro atoms. The van der Waals surface area contributed by atoms with E-state index in [2.05, 4.69) is 109 Å². The van der Waals surface area contributed by atoms with Crippen molar-refractivity contribution in [2.45, 2.75) is 16.2 Å². The van der Waals surface area contributed by atoms with Crippen molar-refractivity contribution in [2.75, 3.05) is 0 Å². The smallest absolute Gasteiger partial charge is 0.104 e. The Labute approximate surface area is 204 Å². The van der Waals surface area contributed by atoms with Crippen molar-refractivity contribution in [1.29, 1.82) is 0 Å². The molecule has 0 N–H and O–H groups in total. The summed E-state index contributed by atoms with van der Waals surface area (Å²) in [6.45, 7) is 0. The maximum absolute atomic E-state index is 7.58. The molecule has 4 aromatic carbocycles. The predicted octanol–water partition coefficient (Wildman–Crippen LogP) is 8.54. The molecule has 6 rings (SSSR count). The minimum Gasteiger partial charge on any atom is -0.104 e. The standard InChI is InChI=1S/C31H22Cl2/c32-30(24-13-3-1-4-14-24)26(19-22-11-7-9-17-28(22)30)21-27-20-23-12-8-10-18-29(23)31(27,33)25-15-5-2-6-16-25/h1-20H,21H2. The normalized spacial score (nSPS) is 23.0. The molecule has 0 fully saturated rings. The van der Waals surface area contributed by atoms with Gasteiger partial charge in [-0.2, -0.15) is 0 Å². The van der Waals surface area contributed by atoms with E-state index in [0.29, 0.717) is 6.42 Å². The maximum Gasteiger partial charge on any atom is 0.117 e. The van der Waals surface area contributed by atoms with E-state index in [4.69, 9.17) is 23.2 Å². The van der Waals surface area contributed by atoms with Crippen LogP contribution in [0, 0.1) is 0 Å². The first-order valence-corrected chi connectivity index (χ1v) is 12.0. The van der Waals surface area contributed by atoms with Gasteiger partial charge in [-0.05, 0) is 50.9 Å². The fourth-order valence-electron chi connectivity index (χ4n) is 5.36. The molecule has 0 saturated heterocycles. The van der Waals surface area contributed by atoms with Crippen molar-refractivity contribution >= 4 is 35.4 Å². The van der Waals surface area contributed by atoms with Gasteiger partial charge in [0.25, 0.3) is 0 Å². The van der Waals surface area contributed by atoms with Crippen molar-refractivity contribution in [3.8, 4) is 0 Å². The summed E-state index contributed by atoms with van der Waals surface area (Å²) in [6, 6.07) is 37.6. The summed E-state index contributed by atoms with van der Waals surface area (Å²) in [6.07, 6.45) is 5.18. The van der Waals surface area contributed by atoms with Gasteiger partial charge in [-0.3, -0.25) is 0 Å². The summed E-state index contributed by atoms with van der Waals surface area (Å²) < 4.78 is 0. The van der Waals surface area contributed by atoms with E-state index in [1.807, 2.05) is 12.1 Å². The molecule has 160 valence electrons.